The van der Waals surface area contributed by atoms with Crippen LogP contribution in [0.3, 0.4) is 0 Å². The first-order valence-corrected chi connectivity index (χ1v) is 6.72. The monoisotopic (exact) mass is 275 g/mol. The maximum atomic E-state index is 12.1. The van der Waals surface area contributed by atoms with Crippen molar-refractivity contribution in [3.05, 3.63) is 35.9 Å². The maximum absolute atomic E-state index is 12.1. The van der Waals surface area contributed by atoms with Crippen LogP contribution in [0, 0.1) is 17.8 Å². The van der Waals surface area contributed by atoms with Crippen molar-refractivity contribution in [2.75, 3.05) is 0 Å². The third-order valence-corrected chi connectivity index (χ3v) is 3.46. The largest absolute Gasteiger partial charge is 0.369 e. The van der Waals surface area contributed by atoms with Crippen molar-refractivity contribution in [2.24, 2.45) is 23.5 Å². The van der Waals surface area contributed by atoms with Gasteiger partial charge in [0.05, 0.1) is 5.92 Å². The normalized spacial score (nSPS) is 13.8. The second-order valence-corrected chi connectivity index (χ2v) is 5.39. The van der Waals surface area contributed by atoms with E-state index in [0.29, 0.717) is 6.42 Å². The number of carbonyl (C=O) groups excluding carboxylic acids is 3. The minimum absolute atomic E-state index is 0.0930. The van der Waals surface area contributed by atoms with Crippen molar-refractivity contribution < 1.29 is 14.4 Å². The zero-order chi connectivity index (χ0) is 15.3. The third-order valence-electron chi connectivity index (χ3n) is 3.46. The summed E-state index contributed by atoms with van der Waals surface area (Å²) in [5.74, 6) is -3.00. The number of ketones is 2. The van der Waals surface area contributed by atoms with Crippen LogP contribution in [-0.2, 0) is 20.8 Å². The molecule has 1 aromatic rings. The Morgan fingerprint density at radius 2 is 1.65 bits per heavy atom. The molecule has 0 aliphatic carbocycles. The van der Waals surface area contributed by atoms with E-state index in [9.17, 15) is 14.4 Å². The molecular weight excluding hydrogens is 254 g/mol. The lowest BCUT2D eigenvalue weighted by atomic mass is 9.76. The highest BCUT2D eigenvalue weighted by molar-refractivity contribution is 6.37. The molecule has 1 amide bonds. The molecule has 0 heterocycles. The Hall–Kier alpha value is -1.97. The first-order valence-electron chi connectivity index (χ1n) is 6.72. The molecule has 0 spiro atoms. The second kappa shape index (κ2) is 6.98. The molecule has 0 aromatic heterocycles. The predicted molar refractivity (Wildman–Crippen MR) is 76.8 cm³/mol. The van der Waals surface area contributed by atoms with E-state index in [-0.39, 0.29) is 5.92 Å². The smallest absolute Gasteiger partial charge is 0.221 e. The van der Waals surface area contributed by atoms with Crippen LogP contribution in [0.4, 0.5) is 0 Å². The maximum Gasteiger partial charge on any atom is 0.221 e. The number of hydrogen-bond acceptors (Lipinski definition) is 3. The highest BCUT2D eigenvalue weighted by atomic mass is 16.2. The second-order valence-electron chi connectivity index (χ2n) is 5.39. The van der Waals surface area contributed by atoms with E-state index in [1.807, 2.05) is 44.2 Å². The Morgan fingerprint density at radius 3 is 2.05 bits per heavy atom. The standard InChI is InChI=1S/C16H21NO3/c1-10(2)14(16(17)20)13(15(19)11(3)18)9-12-7-5-4-6-8-12/h4-8,10,13-14H,9H2,1-3H3,(H2,17,20). The molecule has 2 N–H and O–H groups in total. The van der Waals surface area contributed by atoms with Gasteiger partial charge in [-0.25, -0.2) is 0 Å². The van der Waals surface area contributed by atoms with Gasteiger partial charge in [-0.05, 0) is 17.9 Å². The van der Waals surface area contributed by atoms with E-state index in [4.69, 9.17) is 5.73 Å². The minimum atomic E-state index is -0.688. The molecule has 0 saturated heterocycles. The van der Waals surface area contributed by atoms with Gasteiger partial charge >= 0.3 is 0 Å². The molecule has 0 aliphatic heterocycles. The highest BCUT2D eigenvalue weighted by Gasteiger charge is 2.36. The Labute approximate surface area is 119 Å². The van der Waals surface area contributed by atoms with E-state index < -0.39 is 29.3 Å². The average Bonchev–Trinajstić information content (AvgIpc) is 2.37. The van der Waals surface area contributed by atoms with Gasteiger partial charge in [0.15, 0.2) is 5.78 Å². The molecule has 2 atom stereocenters. The number of hydrogen-bond donors (Lipinski definition) is 1. The van der Waals surface area contributed by atoms with Crippen LogP contribution in [0.5, 0.6) is 0 Å². The highest BCUT2D eigenvalue weighted by Crippen LogP contribution is 2.26. The minimum Gasteiger partial charge on any atom is -0.369 e. The Balaban J connectivity index is 3.10. The van der Waals surface area contributed by atoms with Crippen molar-refractivity contribution in [2.45, 2.75) is 27.2 Å². The first kappa shape index (κ1) is 16.1. The number of primary amides is 1. The molecule has 1 rings (SSSR count). The summed E-state index contributed by atoms with van der Waals surface area (Å²) in [6.45, 7) is 4.90. The van der Waals surface area contributed by atoms with Crippen LogP contribution < -0.4 is 5.73 Å². The Kier molecular flexibility index (Phi) is 5.62. The summed E-state index contributed by atoms with van der Waals surface area (Å²) in [7, 11) is 0. The topological polar surface area (TPSA) is 77.2 Å². The molecule has 4 heteroatoms. The summed E-state index contributed by atoms with van der Waals surface area (Å²) < 4.78 is 0. The van der Waals surface area contributed by atoms with Gasteiger partial charge in [-0.2, -0.15) is 0 Å². The lowest BCUT2D eigenvalue weighted by molar-refractivity contribution is -0.141. The van der Waals surface area contributed by atoms with E-state index in [2.05, 4.69) is 0 Å². The van der Waals surface area contributed by atoms with Gasteiger partial charge < -0.3 is 5.73 Å². The molecule has 20 heavy (non-hydrogen) atoms. The molecular formula is C16H21NO3. The summed E-state index contributed by atoms with van der Waals surface area (Å²) in [4.78, 5) is 35.2. The van der Waals surface area contributed by atoms with Gasteiger partial charge in [0, 0.05) is 12.8 Å². The number of rotatable bonds is 7. The Bertz CT molecular complexity index is 494. The summed E-state index contributed by atoms with van der Waals surface area (Å²) in [5, 5.41) is 0. The number of amides is 1. The zero-order valence-corrected chi connectivity index (χ0v) is 12.1. The molecule has 0 aliphatic rings. The lowest BCUT2D eigenvalue weighted by Gasteiger charge is -2.26. The first-order chi connectivity index (χ1) is 9.34. The molecule has 0 saturated carbocycles. The third kappa shape index (κ3) is 4.02. The van der Waals surface area contributed by atoms with Gasteiger partial charge in [-0.1, -0.05) is 44.2 Å². The summed E-state index contributed by atoms with van der Waals surface area (Å²) in [6.07, 6.45) is 0.352. The van der Waals surface area contributed by atoms with Crippen molar-refractivity contribution in [1.82, 2.24) is 0 Å². The predicted octanol–water partition coefficient (Wildman–Crippen LogP) is 1.76. The number of nitrogens with two attached hydrogens (primary N) is 1. The molecule has 1 aromatic carbocycles. The van der Waals surface area contributed by atoms with Crippen molar-refractivity contribution in [1.29, 1.82) is 0 Å². The van der Waals surface area contributed by atoms with Crippen LogP contribution in [0.1, 0.15) is 26.3 Å². The molecule has 2 unspecified atom stereocenters. The SMILES string of the molecule is CC(=O)C(=O)C(Cc1ccccc1)C(C(N)=O)C(C)C. The van der Waals surface area contributed by atoms with Gasteiger partial charge in [-0.15, -0.1) is 0 Å². The van der Waals surface area contributed by atoms with Gasteiger partial charge in [0.1, 0.15) is 0 Å². The quantitative estimate of drug-likeness (QED) is 0.770. The van der Waals surface area contributed by atoms with Crippen molar-refractivity contribution in [3.63, 3.8) is 0 Å². The number of Topliss-reactive ketones (excluding diaryl/α,β-unsaturated/α-hetero) is 2. The van der Waals surface area contributed by atoms with Gasteiger partial charge in [0.2, 0.25) is 11.7 Å². The van der Waals surface area contributed by atoms with Crippen LogP contribution >= 0.6 is 0 Å². The van der Waals surface area contributed by atoms with E-state index >= 15 is 0 Å². The zero-order valence-electron chi connectivity index (χ0n) is 12.1. The molecule has 4 nitrogen and oxygen atoms in total. The fourth-order valence-corrected chi connectivity index (χ4v) is 2.50. The Morgan fingerprint density at radius 1 is 1.10 bits per heavy atom. The fraction of sp³-hybridized carbons (Fsp3) is 0.438. The fourth-order valence-electron chi connectivity index (χ4n) is 2.50. The van der Waals surface area contributed by atoms with E-state index in [1.165, 1.54) is 6.92 Å². The summed E-state index contributed by atoms with van der Waals surface area (Å²) in [6, 6.07) is 9.34. The van der Waals surface area contributed by atoms with Crippen LogP contribution in [-0.4, -0.2) is 17.5 Å². The van der Waals surface area contributed by atoms with Gasteiger partial charge in [0.25, 0.3) is 0 Å². The molecule has 108 valence electrons. The van der Waals surface area contributed by atoms with E-state index in [0.717, 1.165) is 5.56 Å². The lowest BCUT2D eigenvalue weighted by Crippen LogP contribution is -2.40. The van der Waals surface area contributed by atoms with Crippen molar-refractivity contribution in [3.8, 4) is 0 Å². The molecule has 0 radical (unpaired) electrons. The summed E-state index contributed by atoms with van der Waals surface area (Å²) >= 11 is 0. The average molecular weight is 275 g/mol. The van der Waals surface area contributed by atoms with Crippen LogP contribution in [0.2, 0.25) is 0 Å². The molecule has 0 bridgehead atoms. The van der Waals surface area contributed by atoms with E-state index in [1.54, 1.807) is 0 Å². The number of benzene rings is 1. The van der Waals surface area contributed by atoms with Crippen molar-refractivity contribution >= 4 is 17.5 Å². The number of carbonyl (C=O) groups is 3. The summed E-state index contributed by atoms with van der Waals surface area (Å²) in [5.41, 5.74) is 6.34. The van der Waals surface area contributed by atoms with Gasteiger partial charge in [-0.3, -0.25) is 14.4 Å². The molecule has 0 fully saturated rings. The van der Waals surface area contributed by atoms with Crippen LogP contribution in [0.25, 0.3) is 0 Å². The van der Waals surface area contributed by atoms with Crippen LogP contribution in [0.15, 0.2) is 30.3 Å².